The van der Waals surface area contributed by atoms with E-state index in [9.17, 15) is 4.79 Å². The van der Waals surface area contributed by atoms with E-state index in [1.54, 1.807) is 0 Å². The fourth-order valence-corrected chi connectivity index (χ4v) is 5.64. The zero-order chi connectivity index (χ0) is 24.4. The van der Waals surface area contributed by atoms with Crippen LogP contribution in [0.25, 0.3) is 10.9 Å². The number of H-pyrrole nitrogens is 1. The van der Waals surface area contributed by atoms with Crippen molar-refractivity contribution >= 4 is 10.9 Å². The lowest BCUT2D eigenvalue weighted by Gasteiger charge is -2.35. The highest BCUT2D eigenvalue weighted by Crippen LogP contribution is 2.34. The monoisotopic (exact) mass is 470 g/mol. The van der Waals surface area contributed by atoms with Gasteiger partial charge in [0.15, 0.2) is 5.82 Å². The maximum atomic E-state index is 13.2. The fraction of sp³-hybridized carbons (Fsp3) is 0.429. The number of tetrazole rings is 1. The third-order valence-electron chi connectivity index (χ3n) is 7.36. The highest BCUT2D eigenvalue weighted by Gasteiger charge is 2.32. The summed E-state index contributed by atoms with van der Waals surface area (Å²) in [5.41, 5.74) is 5.20. The summed E-state index contributed by atoms with van der Waals surface area (Å²) in [6.07, 6.45) is 5.59. The van der Waals surface area contributed by atoms with E-state index in [0.717, 1.165) is 47.1 Å². The number of hydrogen-bond donors (Lipinski definition) is 1. The number of aromatic amines is 1. The van der Waals surface area contributed by atoms with Crippen LogP contribution in [0.2, 0.25) is 0 Å². The van der Waals surface area contributed by atoms with Crippen molar-refractivity contribution in [2.24, 2.45) is 0 Å². The van der Waals surface area contributed by atoms with Gasteiger partial charge in [0.2, 0.25) is 0 Å². The predicted octanol–water partition coefficient (Wildman–Crippen LogP) is 5.08. The Morgan fingerprint density at radius 2 is 1.89 bits per heavy atom. The molecule has 1 saturated carbocycles. The summed E-state index contributed by atoms with van der Waals surface area (Å²) in [5.74, 6) is 0.868. The van der Waals surface area contributed by atoms with E-state index in [-0.39, 0.29) is 11.6 Å². The van der Waals surface area contributed by atoms with Gasteiger partial charge in [-0.1, -0.05) is 56.2 Å². The lowest BCUT2D eigenvalue weighted by Crippen LogP contribution is -2.39. The molecule has 1 aliphatic rings. The van der Waals surface area contributed by atoms with Crippen molar-refractivity contribution in [3.8, 4) is 0 Å². The van der Waals surface area contributed by atoms with Crippen molar-refractivity contribution in [2.75, 3.05) is 0 Å². The molecule has 0 amide bonds. The van der Waals surface area contributed by atoms with E-state index in [0.29, 0.717) is 19.1 Å². The number of aryl methyl sites for hydroxylation is 2. The molecule has 0 unspecified atom stereocenters. The van der Waals surface area contributed by atoms with Crippen LogP contribution in [0.1, 0.15) is 73.1 Å². The second kappa shape index (κ2) is 10.1. The average molecular weight is 471 g/mol. The molecule has 0 bridgehead atoms. The standard InChI is InChI=1S/C28H34N6O/c1-4-26(27-30-31-32-34(27)17-21-10-6-5-7-11-21)33(23-12-8-9-13-23)18-22-16-24-20(3)14-19(2)15-25(24)29-28(22)35/h5-7,10-11,14-16,23,26H,4,8-9,12-13,17-18H2,1-3H3,(H,29,35)/t26-/m0/s1. The van der Waals surface area contributed by atoms with Gasteiger partial charge in [0, 0.05) is 29.1 Å². The molecule has 7 heteroatoms. The van der Waals surface area contributed by atoms with Gasteiger partial charge in [-0.05, 0) is 72.4 Å². The molecule has 2 aromatic heterocycles. The Labute approximate surface area is 206 Å². The molecule has 1 aliphatic carbocycles. The number of nitrogens with one attached hydrogen (secondary N) is 1. The van der Waals surface area contributed by atoms with Crippen LogP contribution in [0.15, 0.2) is 53.3 Å². The number of hydrogen-bond acceptors (Lipinski definition) is 5. The molecular weight excluding hydrogens is 436 g/mol. The summed E-state index contributed by atoms with van der Waals surface area (Å²) in [6, 6.07) is 17.0. The smallest absolute Gasteiger partial charge is 0.252 e. The molecule has 182 valence electrons. The number of pyridine rings is 1. The number of nitrogens with zero attached hydrogens (tertiary/aromatic N) is 5. The number of rotatable bonds is 8. The average Bonchev–Trinajstić information content (AvgIpc) is 3.53. The molecule has 5 rings (SSSR count). The molecule has 0 aliphatic heterocycles. The highest BCUT2D eigenvalue weighted by molar-refractivity contribution is 5.83. The van der Waals surface area contributed by atoms with Crippen molar-refractivity contribution in [3.63, 3.8) is 0 Å². The lowest BCUT2D eigenvalue weighted by atomic mass is 10.0. The maximum absolute atomic E-state index is 13.2. The van der Waals surface area contributed by atoms with Crippen LogP contribution in [-0.2, 0) is 13.1 Å². The zero-order valence-electron chi connectivity index (χ0n) is 20.9. The van der Waals surface area contributed by atoms with E-state index in [1.165, 1.54) is 24.0 Å². The van der Waals surface area contributed by atoms with Crippen molar-refractivity contribution < 1.29 is 0 Å². The van der Waals surface area contributed by atoms with E-state index in [4.69, 9.17) is 0 Å². The largest absolute Gasteiger partial charge is 0.322 e. The first kappa shape index (κ1) is 23.4. The van der Waals surface area contributed by atoms with E-state index >= 15 is 0 Å². The Morgan fingerprint density at radius 3 is 2.63 bits per heavy atom. The SMILES string of the molecule is CC[C@@H](c1nnnn1Cc1ccccc1)N(Cc1cc2c(C)cc(C)cc2[nH]c1=O)C1CCCC1. The van der Waals surface area contributed by atoms with Gasteiger partial charge in [-0.2, -0.15) is 0 Å². The summed E-state index contributed by atoms with van der Waals surface area (Å²) in [7, 11) is 0. The second-order valence-electron chi connectivity index (χ2n) is 9.88. The first-order valence-corrected chi connectivity index (χ1v) is 12.7. The third kappa shape index (κ3) is 4.91. The number of fused-ring (bicyclic) bond motifs is 1. The molecular formula is C28H34N6O. The van der Waals surface area contributed by atoms with Crippen LogP contribution < -0.4 is 5.56 Å². The molecule has 35 heavy (non-hydrogen) atoms. The summed E-state index contributed by atoms with van der Waals surface area (Å²) in [5, 5.41) is 14.0. The molecule has 1 fully saturated rings. The molecule has 2 heterocycles. The molecule has 7 nitrogen and oxygen atoms in total. The minimum atomic E-state index is -0.00997. The fourth-order valence-electron chi connectivity index (χ4n) is 5.64. The number of benzene rings is 2. The zero-order valence-corrected chi connectivity index (χ0v) is 20.9. The molecule has 0 spiro atoms. The Kier molecular flexibility index (Phi) is 6.77. The summed E-state index contributed by atoms with van der Waals surface area (Å²) in [6.45, 7) is 7.57. The quantitative estimate of drug-likeness (QED) is 0.389. The van der Waals surface area contributed by atoms with Gasteiger partial charge in [0.05, 0.1) is 12.6 Å². The van der Waals surface area contributed by atoms with Gasteiger partial charge in [-0.25, -0.2) is 4.68 Å². The molecule has 0 radical (unpaired) electrons. The van der Waals surface area contributed by atoms with E-state index < -0.39 is 0 Å². The maximum Gasteiger partial charge on any atom is 0.252 e. The second-order valence-corrected chi connectivity index (χ2v) is 9.88. The van der Waals surface area contributed by atoms with Crippen LogP contribution in [0, 0.1) is 13.8 Å². The number of aromatic nitrogens is 5. The van der Waals surface area contributed by atoms with Crippen LogP contribution in [-0.4, -0.2) is 36.1 Å². The van der Waals surface area contributed by atoms with Gasteiger partial charge < -0.3 is 4.98 Å². The van der Waals surface area contributed by atoms with Gasteiger partial charge in [-0.3, -0.25) is 9.69 Å². The molecule has 1 N–H and O–H groups in total. The molecule has 1 atom stereocenters. The van der Waals surface area contributed by atoms with Crippen LogP contribution >= 0.6 is 0 Å². The lowest BCUT2D eigenvalue weighted by molar-refractivity contribution is 0.112. The minimum absolute atomic E-state index is 0.00997. The Balaban J connectivity index is 1.51. The first-order chi connectivity index (χ1) is 17.0. The molecule has 0 saturated heterocycles. The van der Waals surface area contributed by atoms with Crippen LogP contribution in [0.3, 0.4) is 0 Å². The normalized spacial score (nSPS) is 15.3. The van der Waals surface area contributed by atoms with E-state index in [1.807, 2.05) is 22.9 Å². The van der Waals surface area contributed by atoms with Gasteiger partial charge in [0.1, 0.15) is 0 Å². The van der Waals surface area contributed by atoms with Crippen LogP contribution in [0.5, 0.6) is 0 Å². The predicted molar refractivity (Wildman–Crippen MR) is 138 cm³/mol. The first-order valence-electron chi connectivity index (χ1n) is 12.7. The summed E-state index contributed by atoms with van der Waals surface area (Å²) < 4.78 is 1.92. The van der Waals surface area contributed by atoms with Gasteiger partial charge in [-0.15, -0.1) is 5.10 Å². The van der Waals surface area contributed by atoms with Gasteiger partial charge >= 0.3 is 0 Å². The summed E-state index contributed by atoms with van der Waals surface area (Å²) >= 11 is 0. The van der Waals surface area contributed by atoms with Crippen molar-refractivity contribution in [1.82, 2.24) is 30.1 Å². The molecule has 4 aromatic rings. The van der Waals surface area contributed by atoms with Crippen molar-refractivity contribution in [3.05, 3.63) is 87.0 Å². The van der Waals surface area contributed by atoms with Crippen molar-refractivity contribution in [2.45, 2.75) is 78.0 Å². The topological polar surface area (TPSA) is 79.7 Å². The third-order valence-corrected chi connectivity index (χ3v) is 7.36. The molecule has 2 aromatic carbocycles. The van der Waals surface area contributed by atoms with E-state index in [2.05, 4.69) is 76.5 Å². The van der Waals surface area contributed by atoms with Crippen LogP contribution in [0.4, 0.5) is 0 Å². The van der Waals surface area contributed by atoms with Gasteiger partial charge in [0.25, 0.3) is 5.56 Å². The summed E-state index contributed by atoms with van der Waals surface area (Å²) in [4.78, 5) is 18.8. The van der Waals surface area contributed by atoms with Crippen molar-refractivity contribution in [1.29, 1.82) is 0 Å². The minimum Gasteiger partial charge on any atom is -0.322 e. The highest BCUT2D eigenvalue weighted by atomic mass is 16.1. The Morgan fingerprint density at radius 1 is 1.11 bits per heavy atom. The Bertz CT molecular complexity index is 1350. The Hall–Kier alpha value is -3.32.